The maximum Gasteiger partial charge on any atom is 0.238 e. The number of hydrogen-bond donors (Lipinski definition) is 2. The fraction of sp³-hybridized carbons (Fsp3) is 0.500. The van der Waals surface area contributed by atoms with Crippen LogP contribution in [0.3, 0.4) is 0 Å². The maximum atomic E-state index is 12.0. The van der Waals surface area contributed by atoms with E-state index in [4.69, 9.17) is 5.73 Å². The molecular weight excluding hydrogens is 266 g/mol. The average molecular weight is 289 g/mol. The molecule has 0 unspecified atom stereocenters. The third kappa shape index (κ3) is 4.56. The quantitative estimate of drug-likeness (QED) is 0.860. The number of nitrogens with one attached hydrogen (secondary N) is 1. The van der Waals surface area contributed by atoms with Crippen molar-refractivity contribution in [2.75, 3.05) is 25.0 Å². The number of rotatable bonds is 5. The number of likely N-dealkylation sites (tertiary alicyclic amines) is 1. The molecule has 2 amide bonds. The molecular formula is C16H23N3O2. The third-order valence-electron chi connectivity index (χ3n) is 3.92. The van der Waals surface area contributed by atoms with E-state index in [1.165, 1.54) is 5.56 Å². The first-order valence-electron chi connectivity index (χ1n) is 7.49. The number of piperidine rings is 1. The van der Waals surface area contributed by atoms with Crippen molar-refractivity contribution in [3.63, 3.8) is 0 Å². The lowest BCUT2D eigenvalue weighted by molar-refractivity contribution is -0.125. The molecule has 0 spiro atoms. The number of benzene rings is 1. The molecule has 2 rings (SSSR count). The van der Waals surface area contributed by atoms with Crippen molar-refractivity contribution in [2.45, 2.75) is 26.2 Å². The van der Waals surface area contributed by atoms with Gasteiger partial charge < -0.3 is 11.1 Å². The molecule has 5 nitrogen and oxygen atoms in total. The summed E-state index contributed by atoms with van der Waals surface area (Å²) in [5, 5.41) is 2.89. The number of carbonyl (C=O) groups excluding carboxylic acids is 2. The summed E-state index contributed by atoms with van der Waals surface area (Å²) >= 11 is 0. The Labute approximate surface area is 125 Å². The average Bonchev–Trinajstić information content (AvgIpc) is 2.48. The first-order valence-corrected chi connectivity index (χ1v) is 7.49. The molecule has 1 aliphatic rings. The first kappa shape index (κ1) is 15.5. The molecule has 1 atom stereocenters. The van der Waals surface area contributed by atoms with E-state index in [1.807, 2.05) is 29.2 Å². The highest BCUT2D eigenvalue weighted by atomic mass is 16.2. The van der Waals surface area contributed by atoms with Crippen molar-refractivity contribution < 1.29 is 9.59 Å². The molecule has 5 heteroatoms. The molecule has 1 aliphatic heterocycles. The second-order valence-electron chi connectivity index (χ2n) is 5.58. The Kier molecular flexibility index (Phi) is 5.33. The lowest BCUT2D eigenvalue weighted by Gasteiger charge is -2.30. The van der Waals surface area contributed by atoms with Crippen LogP contribution in [0.5, 0.6) is 0 Å². The van der Waals surface area contributed by atoms with Crippen molar-refractivity contribution in [2.24, 2.45) is 11.7 Å². The number of nitrogens with zero attached hydrogens (tertiary/aromatic N) is 1. The monoisotopic (exact) mass is 289 g/mol. The van der Waals surface area contributed by atoms with Gasteiger partial charge in [0.05, 0.1) is 12.5 Å². The Morgan fingerprint density at radius 3 is 2.67 bits per heavy atom. The van der Waals surface area contributed by atoms with Crippen molar-refractivity contribution in [3.05, 3.63) is 29.8 Å². The molecule has 1 saturated heterocycles. The van der Waals surface area contributed by atoms with Crippen LogP contribution in [-0.2, 0) is 16.0 Å². The van der Waals surface area contributed by atoms with Crippen LogP contribution < -0.4 is 11.1 Å². The van der Waals surface area contributed by atoms with Gasteiger partial charge in [0.2, 0.25) is 11.8 Å². The van der Waals surface area contributed by atoms with Crippen LogP contribution in [0.4, 0.5) is 5.69 Å². The van der Waals surface area contributed by atoms with Gasteiger partial charge in [0.25, 0.3) is 0 Å². The number of nitrogens with two attached hydrogens (primary N) is 1. The summed E-state index contributed by atoms with van der Waals surface area (Å²) < 4.78 is 0. The first-order chi connectivity index (χ1) is 10.1. The molecule has 3 N–H and O–H groups in total. The van der Waals surface area contributed by atoms with Crippen LogP contribution in [-0.4, -0.2) is 36.3 Å². The number of anilines is 1. The number of hydrogen-bond acceptors (Lipinski definition) is 3. The molecule has 114 valence electrons. The van der Waals surface area contributed by atoms with E-state index >= 15 is 0 Å². The molecule has 0 saturated carbocycles. The van der Waals surface area contributed by atoms with Crippen LogP contribution in [0.15, 0.2) is 24.3 Å². The molecule has 1 heterocycles. The second-order valence-corrected chi connectivity index (χ2v) is 5.58. The lowest BCUT2D eigenvalue weighted by Crippen LogP contribution is -2.44. The Bertz CT molecular complexity index is 499. The molecule has 0 bridgehead atoms. The van der Waals surface area contributed by atoms with Gasteiger partial charge in [-0.3, -0.25) is 14.5 Å². The predicted molar refractivity (Wildman–Crippen MR) is 82.8 cm³/mol. The van der Waals surface area contributed by atoms with Gasteiger partial charge in [-0.25, -0.2) is 0 Å². The van der Waals surface area contributed by atoms with Crippen LogP contribution in [0.2, 0.25) is 0 Å². The standard InChI is InChI=1S/C16H23N3O2/c1-2-12-5-7-14(8-6-12)18-15(20)11-19-9-3-4-13(10-19)16(17)21/h5-8,13H,2-4,9-11H2,1H3,(H2,17,21)(H,18,20)/t13-/m1/s1. The smallest absolute Gasteiger partial charge is 0.238 e. The zero-order chi connectivity index (χ0) is 15.2. The van der Waals surface area contributed by atoms with Gasteiger partial charge in [0, 0.05) is 12.2 Å². The fourth-order valence-corrected chi connectivity index (χ4v) is 2.66. The topological polar surface area (TPSA) is 75.4 Å². The SMILES string of the molecule is CCc1ccc(NC(=O)CN2CCC[C@@H](C(N)=O)C2)cc1. The predicted octanol–water partition coefficient (Wildman–Crippen LogP) is 1.38. The minimum absolute atomic E-state index is 0.0515. The molecule has 0 aromatic heterocycles. The molecule has 1 fully saturated rings. The van der Waals surface area contributed by atoms with Gasteiger partial charge in [0.1, 0.15) is 0 Å². The van der Waals surface area contributed by atoms with Gasteiger partial charge >= 0.3 is 0 Å². The Morgan fingerprint density at radius 2 is 2.05 bits per heavy atom. The summed E-state index contributed by atoms with van der Waals surface area (Å²) in [4.78, 5) is 25.3. The van der Waals surface area contributed by atoms with Crippen LogP contribution in [0, 0.1) is 5.92 Å². The fourth-order valence-electron chi connectivity index (χ4n) is 2.66. The number of aryl methyl sites for hydroxylation is 1. The highest BCUT2D eigenvalue weighted by Crippen LogP contribution is 2.16. The highest BCUT2D eigenvalue weighted by molar-refractivity contribution is 5.92. The number of primary amides is 1. The van der Waals surface area contributed by atoms with Crippen LogP contribution >= 0.6 is 0 Å². The summed E-state index contributed by atoms with van der Waals surface area (Å²) in [7, 11) is 0. The molecule has 21 heavy (non-hydrogen) atoms. The second kappa shape index (κ2) is 7.22. The van der Waals surface area contributed by atoms with E-state index in [0.29, 0.717) is 13.1 Å². The van der Waals surface area contributed by atoms with Gasteiger partial charge in [-0.2, -0.15) is 0 Å². The lowest BCUT2D eigenvalue weighted by atomic mass is 9.97. The largest absolute Gasteiger partial charge is 0.369 e. The summed E-state index contributed by atoms with van der Waals surface area (Å²) in [5.41, 5.74) is 7.39. The molecule has 1 aromatic rings. The maximum absolute atomic E-state index is 12.0. The minimum atomic E-state index is -0.268. The zero-order valence-electron chi connectivity index (χ0n) is 12.5. The Hall–Kier alpha value is -1.88. The molecule has 1 aromatic carbocycles. The summed E-state index contributed by atoms with van der Waals surface area (Å²) in [5.74, 6) is -0.449. The Morgan fingerprint density at radius 1 is 1.33 bits per heavy atom. The van der Waals surface area contributed by atoms with E-state index in [1.54, 1.807) is 0 Å². The van der Waals surface area contributed by atoms with Gasteiger partial charge in [-0.15, -0.1) is 0 Å². The van der Waals surface area contributed by atoms with Crippen molar-refractivity contribution in [3.8, 4) is 0 Å². The summed E-state index contributed by atoms with van der Waals surface area (Å²) in [6, 6.07) is 7.86. The summed E-state index contributed by atoms with van der Waals surface area (Å²) in [6.07, 6.45) is 2.72. The van der Waals surface area contributed by atoms with E-state index in [2.05, 4.69) is 12.2 Å². The number of amides is 2. The van der Waals surface area contributed by atoms with E-state index in [-0.39, 0.29) is 17.7 Å². The molecule has 0 radical (unpaired) electrons. The van der Waals surface area contributed by atoms with Crippen LogP contribution in [0.25, 0.3) is 0 Å². The van der Waals surface area contributed by atoms with Gasteiger partial charge in [-0.1, -0.05) is 19.1 Å². The summed E-state index contributed by atoms with van der Waals surface area (Å²) in [6.45, 7) is 3.82. The Balaban J connectivity index is 1.84. The normalized spacial score (nSPS) is 19.2. The van der Waals surface area contributed by atoms with E-state index in [9.17, 15) is 9.59 Å². The third-order valence-corrected chi connectivity index (χ3v) is 3.92. The van der Waals surface area contributed by atoms with Gasteiger partial charge in [0.15, 0.2) is 0 Å². The van der Waals surface area contributed by atoms with Crippen LogP contribution in [0.1, 0.15) is 25.3 Å². The van der Waals surface area contributed by atoms with Gasteiger partial charge in [-0.05, 0) is 43.5 Å². The highest BCUT2D eigenvalue weighted by Gasteiger charge is 2.25. The number of carbonyl (C=O) groups is 2. The van der Waals surface area contributed by atoms with E-state index in [0.717, 1.165) is 31.5 Å². The van der Waals surface area contributed by atoms with Crippen molar-refractivity contribution >= 4 is 17.5 Å². The minimum Gasteiger partial charge on any atom is -0.369 e. The van der Waals surface area contributed by atoms with E-state index < -0.39 is 0 Å². The molecule has 0 aliphatic carbocycles. The van der Waals surface area contributed by atoms with Crippen molar-refractivity contribution in [1.29, 1.82) is 0 Å². The van der Waals surface area contributed by atoms with Crippen molar-refractivity contribution in [1.82, 2.24) is 4.90 Å². The zero-order valence-corrected chi connectivity index (χ0v) is 12.5.